The first kappa shape index (κ1) is 23.0. The third-order valence-electron chi connectivity index (χ3n) is 5.67. The van der Waals surface area contributed by atoms with Crippen LogP contribution in [0.25, 0.3) is 0 Å². The second kappa shape index (κ2) is 11.6. The fourth-order valence-electron chi connectivity index (χ4n) is 4.24. The van der Waals surface area contributed by atoms with Crippen molar-refractivity contribution in [3.8, 4) is 0 Å². The van der Waals surface area contributed by atoms with Gasteiger partial charge in [-0.25, -0.2) is 0 Å². The Morgan fingerprint density at radius 2 is 1.23 bits per heavy atom. The summed E-state index contributed by atoms with van der Waals surface area (Å²) in [5, 5.41) is 4.31. The molecule has 1 fully saturated rings. The van der Waals surface area contributed by atoms with Crippen molar-refractivity contribution < 1.29 is 21.9 Å². The van der Waals surface area contributed by atoms with Gasteiger partial charge in [0.05, 0.1) is 12.8 Å². The van der Waals surface area contributed by atoms with Gasteiger partial charge >= 0.3 is 0 Å². The maximum absolute atomic E-state index is 6.08. The maximum Gasteiger partial charge on any atom is 0.157 e. The monoisotopic (exact) mass is 440 g/mol. The van der Waals surface area contributed by atoms with Gasteiger partial charge in [0.2, 0.25) is 0 Å². The molecule has 1 unspecified atom stereocenters. The van der Waals surface area contributed by atoms with Gasteiger partial charge < -0.3 is 21.9 Å². The molecule has 1 aliphatic heterocycles. The lowest BCUT2D eigenvalue weighted by Crippen LogP contribution is -3.00. The van der Waals surface area contributed by atoms with Crippen molar-refractivity contribution >= 4 is 23.2 Å². The Balaban J connectivity index is 0.00000256. The van der Waals surface area contributed by atoms with Gasteiger partial charge in [-0.2, -0.15) is 0 Å². The van der Waals surface area contributed by atoms with Gasteiger partial charge in [-0.05, 0) is 55.7 Å². The van der Waals surface area contributed by atoms with Crippen LogP contribution in [0.1, 0.15) is 25.7 Å². The van der Waals surface area contributed by atoms with Crippen LogP contribution in [0.5, 0.6) is 0 Å². The van der Waals surface area contributed by atoms with Gasteiger partial charge in [0.25, 0.3) is 0 Å². The molecule has 4 rings (SSSR count). The van der Waals surface area contributed by atoms with Crippen LogP contribution in [-0.2, 0) is 9.47 Å². The average Bonchev–Trinajstić information content (AvgIpc) is 2.82. The van der Waals surface area contributed by atoms with Crippen LogP contribution in [0.15, 0.2) is 91.0 Å². The summed E-state index contributed by atoms with van der Waals surface area (Å²) in [7, 11) is -1.74. The first-order chi connectivity index (χ1) is 14.4. The topological polar surface area (TPSA) is 18.5 Å². The van der Waals surface area contributed by atoms with Gasteiger partial charge in [-0.3, -0.25) is 0 Å². The van der Waals surface area contributed by atoms with Gasteiger partial charge in [0.15, 0.2) is 6.29 Å². The highest BCUT2D eigenvalue weighted by molar-refractivity contribution is 7.95. The molecule has 0 amide bonds. The molecule has 3 aromatic carbocycles. The number of rotatable bonds is 8. The fraction of sp³-hybridized carbons (Fsp3) is 0.308. The van der Waals surface area contributed by atoms with Crippen LogP contribution in [0.2, 0.25) is 0 Å². The Hall–Kier alpha value is -1.70. The summed E-state index contributed by atoms with van der Waals surface area (Å²) in [4.78, 5) is 0. The summed E-state index contributed by atoms with van der Waals surface area (Å²) in [6, 6.07) is 33.2. The van der Waals surface area contributed by atoms with Crippen LogP contribution >= 0.6 is 7.26 Å². The molecule has 0 radical (unpaired) electrons. The number of ether oxygens (including phenoxy) is 2. The second-order valence-corrected chi connectivity index (χ2v) is 11.2. The van der Waals surface area contributed by atoms with E-state index in [9.17, 15) is 0 Å². The van der Waals surface area contributed by atoms with E-state index in [1.807, 2.05) is 0 Å². The zero-order valence-electron chi connectivity index (χ0n) is 17.3. The molecule has 158 valence electrons. The molecule has 0 aromatic heterocycles. The molecule has 1 aliphatic rings. The molecular weight excluding hydrogens is 411 g/mol. The summed E-state index contributed by atoms with van der Waals surface area (Å²) in [5.74, 6) is 0. The Morgan fingerprint density at radius 3 is 1.67 bits per heavy atom. The normalized spacial score (nSPS) is 16.6. The lowest BCUT2D eigenvalue weighted by atomic mass is 10.2. The van der Waals surface area contributed by atoms with E-state index in [0.717, 1.165) is 38.6 Å². The SMILES string of the molecule is [Cl-].c1ccc([P+](CCCOC2CCCCO2)(c2ccccc2)c2ccccc2)cc1. The first-order valence-corrected chi connectivity index (χ1v) is 12.7. The van der Waals surface area contributed by atoms with Crippen molar-refractivity contribution in [2.45, 2.75) is 32.0 Å². The van der Waals surface area contributed by atoms with Crippen LogP contribution < -0.4 is 28.3 Å². The minimum Gasteiger partial charge on any atom is -1.00 e. The number of hydrogen-bond acceptors (Lipinski definition) is 2. The molecule has 2 nitrogen and oxygen atoms in total. The number of halogens is 1. The van der Waals surface area contributed by atoms with E-state index in [-0.39, 0.29) is 18.7 Å². The van der Waals surface area contributed by atoms with Gasteiger partial charge in [-0.1, -0.05) is 54.6 Å². The predicted octanol–water partition coefficient (Wildman–Crippen LogP) is 1.92. The van der Waals surface area contributed by atoms with E-state index >= 15 is 0 Å². The van der Waals surface area contributed by atoms with E-state index in [4.69, 9.17) is 9.47 Å². The van der Waals surface area contributed by atoms with Crippen LogP contribution in [0.4, 0.5) is 0 Å². The van der Waals surface area contributed by atoms with Crippen molar-refractivity contribution in [1.82, 2.24) is 0 Å². The van der Waals surface area contributed by atoms with Crippen molar-refractivity contribution in [2.24, 2.45) is 0 Å². The molecule has 30 heavy (non-hydrogen) atoms. The molecule has 1 heterocycles. The minimum absolute atomic E-state index is 0. The van der Waals surface area contributed by atoms with E-state index in [1.54, 1.807) is 0 Å². The van der Waals surface area contributed by atoms with Crippen molar-refractivity contribution in [2.75, 3.05) is 19.4 Å². The molecule has 0 spiro atoms. The third-order valence-corrected chi connectivity index (χ3v) is 10.2. The van der Waals surface area contributed by atoms with Crippen molar-refractivity contribution in [1.29, 1.82) is 0 Å². The second-order valence-electron chi connectivity index (χ2n) is 7.56. The largest absolute Gasteiger partial charge is 1.00 e. The summed E-state index contributed by atoms with van der Waals surface area (Å²) >= 11 is 0. The lowest BCUT2D eigenvalue weighted by Gasteiger charge is -2.28. The maximum atomic E-state index is 6.08. The summed E-state index contributed by atoms with van der Waals surface area (Å²) in [5.41, 5.74) is 0. The standard InChI is InChI=1S/C26H30O2P.ClH/c1-4-13-23(14-5-1)29(24-15-6-2-7-16-24,25-17-8-3-9-18-25)22-12-21-28-26-19-10-11-20-27-26;/h1-9,13-18,26H,10-12,19-22H2;1H/q+1;/p-1. The molecule has 0 bridgehead atoms. The van der Waals surface area contributed by atoms with Crippen molar-refractivity contribution in [3.63, 3.8) is 0 Å². The molecule has 0 saturated carbocycles. The zero-order chi connectivity index (χ0) is 19.8. The summed E-state index contributed by atoms with van der Waals surface area (Å²) in [6.07, 6.45) is 5.49. The van der Waals surface area contributed by atoms with Crippen LogP contribution in [0.3, 0.4) is 0 Å². The van der Waals surface area contributed by atoms with E-state index in [1.165, 1.54) is 22.3 Å². The number of hydrogen-bond donors (Lipinski definition) is 0. The average molecular weight is 441 g/mol. The highest BCUT2D eigenvalue weighted by Gasteiger charge is 2.44. The Bertz CT molecular complexity index is 755. The van der Waals surface area contributed by atoms with E-state index in [0.29, 0.717) is 0 Å². The van der Waals surface area contributed by atoms with Gasteiger partial charge in [-0.15, -0.1) is 0 Å². The minimum atomic E-state index is -1.74. The first-order valence-electron chi connectivity index (χ1n) is 10.7. The predicted molar refractivity (Wildman–Crippen MR) is 124 cm³/mol. The highest BCUT2D eigenvalue weighted by atomic mass is 35.5. The molecule has 1 saturated heterocycles. The number of benzene rings is 3. The van der Waals surface area contributed by atoms with Crippen molar-refractivity contribution in [3.05, 3.63) is 91.0 Å². The summed E-state index contributed by atoms with van der Waals surface area (Å²) < 4.78 is 11.8. The zero-order valence-corrected chi connectivity index (χ0v) is 19.0. The lowest BCUT2D eigenvalue weighted by molar-refractivity contribution is -0.162. The third kappa shape index (κ3) is 5.31. The molecule has 3 aromatic rings. The summed E-state index contributed by atoms with van der Waals surface area (Å²) in [6.45, 7) is 1.58. The molecule has 0 N–H and O–H groups in total. The van der Waals surface area contributed by atoms with Gasteiger partial charge in [0, 0.05) is 13.0 Å². The smallest absolute Gasteiger partial charge is 0.157 e. The fourth-order valence-corrected chi connectivity index (χ4v) is 8.56. The Morgan fingerprint density at radius 1 is 0.733 bits per heavy atom. The molecule has 1 atom stereocenters. The van der Waals surface area contributed by atoms with E-state index < -0.39 is 7.26 Å². The molecule has 0 aliphatic carbocycles. The molecular formula is C26H30ClO2P. The van der Waals surface area contributed by atoms with Gasteiger partial charge in [0.1, 0.15) is 23.2 Å². The highest BCUT2D eigenvalue weighted by Crippen LogP contribution is 2.55. The van der Waals surface area contributed by atoms with E-state index in [2.05, 4.69) is 91.0 Å². The van der Waals surface area contributed by atoms with Crippen LogP contribution in [-0.4, -0.2) is 25.7 Å². The van der Waals surface area contributed by atoms with Crippen LogP contribution in [0, 0.1) is 0 Å². The quantitative estimate of drug-likeness (QED) is 0.393. The Labute approximate surface area is 187 Å². The Kier molecular flexibility index (Phi) is 8.90. The molecule has 4 heteroatoms.